The van der Waals surface area contributed by atoms with E-state index in [1.165, 1.54) is 0 Å². The Kier molecular flexibility index (Phi) is 2.73. The molecule has 5 aliphatic rings. The van der Waals surface area contributed by atoms with Crippen molar-refractivity contribution >= 4 is 40.3 Å². The van der Waals surface area contributed by atoms with E-state index in [2.05, 4.69) is 34.7 Å². The van der Waals surface area contributed by atoms with Gasteiger partial charge in [0.2, 0.25) is 11.8 Å². The summed E-state index contributed by atoms with van der Waals surface area (Å²) in [4.78, 5) is 39.3. The number of nitrogens with zero attached hydrogens (tertiary/aromatic N) is 1. The third kappa shape index (κ3) is 1.74. The number of amides is 3. The molecule has 6 rings (SSSR count). The Morgan fingerprint density at radius 1 is 0.957 bits per heavy atom. The van der Waals surface area contributed by atoms with Gasteiger partial charge in [-0.15, -0.1) is 0 Å². The van der Waals surface area contributed by atoms with Crippen molar-refractivity contribution in [1.29, 1.82) is 0 Å². The minimum absolute atomic E-state index is 0.154. The Hall–Kier alpha value is -1.50. The summed E-state index contributed by atoms with van der Waals surface area (Å²) >= 11 is 2.16. The maximum absolute atomic E-state index is 12.8. The van der Waals surface area contributed by atoms with Gasteiger partial charge in [-0.1, -0.05) is 12.2 Å². The van der Waals surface area contributed by atoms with E-state index in [9.17, 15) is 14.4 Å². The number of rotatable bonds is 1. The molecule has 0 aromatic heterocycles. The first-order chi connectivity index (χ1) is 11.1. The summed E-state index contributed by atoms with van der Waals surface area (Å²) in [6.07, 6.45) is 5.36. The minimum Gasteiger partial charge on any atom is -0.274 e. The molecule has 23 heavy (non-hydrogen) atoms. The lowest BCUT2D eigenvalue weighted by molar-refractivity contribution is -0.136. The van der Waals surface area contributed by atoms with Gasteiger partial charge in [0.05, 0.1) is 11.8 Å². The van der Waals surface area contributed by atoms with Crippen LogP contribution >= 0.6 is 22.6 Å². The standard InChI is InChI=1S/C18H14INO3/c19-9-3-1-8(2-4-9)16(21)20-17(22)14-10-5-6-11(13-7-12(10)13)15(14)18(20)23/h1-6,10-15H,7H2/t10-,11-,12-,13-,14+,15+/m0/s1. The average molecular weight is 419 g/mol. The van der Waals surface area contributed by atoms with Crippen molar-refractivity contribution in [3.8, 4) is 0 Å². The van der Waals surface area contributed by atoms with Gasteiger partial charge in [0, 0.05) is 9.13 Å². The molecular formula is C18H14INO3. The highest BCUT2D eigenvalue weighted by Gasteiger charge is 2.67. The zero-order valence-corrected chi connectivity index (χ0v) is 14.3. The summed E-state index contributed by atoms with van der Waals surface area (Å²) in [5.74, 6) is -0.252. The number of likely N-dealkylation sites (tertiary alicyclic amines) is 1. The van der Waals surface area contributed by atoms with Gasteiger partial charge in [0.1, 0.15) is 0 Å². The predicted molar refractivity (Wildman–Crippen MR) is 90.0 cm³/mol. The first-order valence-electron chi connectivity index (χ1n) is 7.94. The molecule has 116 valence electrons. The number of carbonyl (C=O) groups is 3. The van der Waals surface area contributed by atoms with Crippen molar-refractivity contribution in [3.63, 3.8) is 0 Å². The van der Waals surface area contributed by atoms with Crippen LogP contribution in [0.3, 0.4) is 0 Å². The molecule has 0 unspecified atom stereocenters. The molecule has 3 fully saturated rings. The van der Waals surface area contributed by atoms with E-state index in [0.29, 0.717) is 17.4 Å². The Morgan fingerprint density at radius 2 is 1.48 bits per heavy atom. The number of carbonyl (C=O) groups excluding carboxylic acids is 3. The molecule has 1 heterocycles. The second-order valence-corrected chi connectivity index (χ2v) is 8.22. The zero-order chi connectivity index (χ0) is 15.9. The molecule has 3 amide bonds. The number of halogens is 1. The maximum Gasteiger partial charge on any atom is 0.267 e. The Morgan fingerprint density at radius 3 is 2.00 bits per heavy atom. The molecule has 0 spiro atoms. The van der Waals surface area contributed by atoms with Crippen LogP contribution in [0.2, 0.25) is 0 Å². The third-order valence-electron chi connectivity index (χ3n) is 5.96. The molecule has 2 bridgehead atoms. The molecule has 4 nitrogen and oxygen atoms in total. The van der Waals surface area contributed by atoms with Gasteiger partial charge in [-0.3, -0.25) is 14.4 Å². The van der Waals surface area contributed by atoms with E-state index in [1.807, 2.05) is 12.1 Å². The van der Waals surface area contributed by atoms with E-state index in [4.69, 9.17) is 0 Å². The molecule has 1 aliphatic heterocycles. The number of hydrogen-bond donors (Lipinski definition) is 0. The quantitative estimate of drug-likeness (QED) is 0.400. The Labute approximate surface area is 147 Å². The van der Waals surface area contributed by atoms with E-state index >= 15 is 0 Å². The summed E-state index contributed by atoms with van der Waals surface area (Å²) in [6.45, 7) is 0. The zero-order valence-electron chi connectivity index (χ0n) is 12.2. The van der Waals surface area contributed by atoms with Gasteiger partial charge >= 0.3 is 0 Å². The molecule has 4 aliphatic carbocycles. The number of benzene rings is 1. The predicted octanol–water partition coefficient (Wildman–Crippen LogP) is 2.48. The summed E-state index contributed by atoms with van der Waals surface area (Å²) in [5, 5.41) is 0. The second-order valence-electron chi connectivity index (χ2n) is 6.98. The first-order valence-corrected chi connectivity index (χ1v) is 9.02. The van der Waals surface area contributed by atoms with Gasteiger partial charge in [0.15, 0.2) is 0 Å². The Bertz CT molecular complexity index is 748. The van der Waals surface area contributed by atoms with Crippen LogP contribution in [0.1, 0.15) is 16.8 Å². The van der Waals surface area contributed by atoms with E-state index in [0.717, 1.165) is 14.9 Å². The summed E-state index contributed by atoms with van der Waals surface area (Å²) in [6, 6.07) is 6.98. The van der Waals surface area contributed by atoms with E-state index in [-0.39, 0.29) is 35.5 Å². The van der Waals surface area contributed by atoms with Crippen LogP contribution in [0.4, 0.5) is 0 Å². The van der Waals surface area contributed by atoms with Gasteiger partial charge in [-0.05, 0) is 76.9 Å². The fourth-order valence-electron chi connectivity index (χ4n) is 4.88. The van der Waals surface area contributed by atoms with Crippen molar-refractivity contribution < 1.29 is 14.4 Å². The topological polar surface area (TPSA) is 54.5 Å². The second kappa shape index (κ2) is 4.53. The third-order valence-corrected chi connectivity index (χ3v) is 6.68. The van der Waals surface area contributed by atoms with Gasteiger partial charge in [-0.25, -0.2) is 4.90 Å². The highest BCUT2D eigenvalue weighted by atomic mass is 127. The molecule has 1 aromatic carbocycles. The molecule has 6 atom stereocenters. The smallest absolute Gasteiger partial charge is 0.267 e. The monoisotopic (exact) mass is 419 g/mol. The normalized spacial score (nSPS) is 39.4. The highest BCUT2D eigenvalue weighted by molar-refractivity contribution is 14.1. The fraction of sp³-hybridized carbons (Fsp3) is 0.389. The molecule has 1 aromatic rings. The SMILES string of the molecule is O=C(c1ccc(I)cc1)N1C(=O)[C@@H]2[C@H]3C=C[C@@H]([C@@H]4C[C@@H]34)[C@H]2C1=O. The van der Waals surface area contributed by atoms with Crippen LogP contribution in [0, 0.1) is 39.1 Å². The van der Waals surface area contributed by atoms with Crippen LogP contribution in [-0.2, 0) is 9.59 Å². The van der Waals surface area contributed by atoms with Crippen LogP contribution in [0.5, 0.6) is 0 Å². The molecular weight excluding hydrogens is 405 g/mol. The van der Waals surface area contributed by atoms with Crippen molar-refractivity contribution in [2.24, 2.45) is 35.5 Å². The van der Waals surface area contributed by atoms with Crippen molar-refractivity contribution in [2.45, 2.75) is 6.42 Å². The fourth-order valence-corrected chi connectivity index (χ4v) is 5.24. The van der Waals surface area contributed by atoms with Crippen LogP contribution in [0.25, 0.3) is 0 Å². The van der Waals surface area contributed by atoms with Crippen LogP contribution in [0.15, 0.2) is 36.4 Å². The molecule has 2 saturated carbocycles. The lowest BCUT2D eigenvalue weighted by Gasteiger charge is -2.37. The molecule has 0 N–H and O–H groups in total. The van der Waals surface area contributed by atoms with Crippen molar-refractivity contribution in [1.82, 2.24) is 4.90 Å². The maximum atomic E-state index is 12.8. The summed E-state index contributed by atoms with van der Waals surface area (Å²) in [5.41, 5.74) is 0.399. The van der Waals surface area contributed by atoms with Crippen LogP contribution < -0.4 is 0 Å². The van der Waals surface area contributed by atoms with Gasteiger partial charge in [-0.2, -0.15) is 0 Å². The Balaban J connectivity index is 1.52. The van der Waals surface area contributed by atoms with E-state index in [1.54, 1.807) is 12.1 Å². The van der Waals surface area contributed by atoms with Crippen LogP contribution in [-0.4, -0.2) is 22.6 Å². The van der Waals surface area contributed by atoms with Crippen molar-refractivity contribution in [2.75, 3.05) is 0 Å². The largest absolute Gasteiger partial charge is 0.274 e. The summed E-state index contributed by atoms with van der Waals surface area (Å²) < 4.78 is 1.01. The van der Waals surface area contributed by atoms with Gasteiger partial charge in [0.25, 0.3) is 5.91 Å². The summed E-state index contributed by atoms with van der Waals surface area (Å²) in [7, 11) is 0. The molecule has 1 saturated heterocycles. The van der Waals surface area contributed by atoms with E-state index < -0.39 is 5.91 Å². The lowest BCUT2D eigenvalue weighted by atomic mass is 9.63. The number of allylic oxidation sites excluding steroid dienone is 2. The first kappa shape index (κ1) is 13.9. The van der Waals surface area contributed by atoms with Gasteiger partial charge < -0.3 is 0 Å². The highest BCUT2D eigenvalue weighted by Crippen LogP contribution is 2.65. The molecule has 5 heteroatoms. The number of imide groups is 3. The lowest BCUT2D eigenvalue weighted by Crippen LogP contribution is -2.40. The van der Waals surface area contributed by atoms with Crippen molar-refractivity contribution in [3.05, 3.63) is 45.6 Å². The number of hydrogen-bond acceptors (Lipinski definition) is 3. The molecule has 0 radical (unpaired) electrons. The minimum atomic E-state index is -0.473. The average Bonchev–Trinajstić information content (AvgIpc) is 3.32.